The first-order valence-electron chi connectivity index (χ1n) is 9.09. The lowest BCUT2D eigenvalue weighted by molar-refractivity contribution is -0.139. The van der Waals surface area contributed by atoms with E-state index in [0.29, 0.717) is 17.3 Å². The van der Waals surface area contributed by atoms with Gasteiger partial charge in [0, 0.05) is 23.3 Å². The molecule has 3 N–H and O–H groups in total. The molecule has 0 atom stereocenters. The molecule has 0 radical (unpaired) electrons. The molecule has 27 heavy (non-hydrogen) atoms. The minimum absolute atomic E-state index is 0.0259. The van der Waals surface area contributed by atoms with E-state index in [2.05, 4.69) is 21.2 Å². The molecule has 0 aliphatic heterocycles. The number of amides is 3. The van der Waals surface area contributed by atoms with Crippen LogP contribution in [0.1, 0.15) is 51.0 Å². The highest BCUT2D eigenvalue weighted by molar-refractivity contribution is 6.35. The van der Waals surface area contributed by atoms with Gasteiger partial charge in [0.05, 0.1) is 6.42 Å². The number of halogens is 1. The fourth-order valence-corrected chi connectivity index (χ4v) is 2.96. The second kappa shape index (κ2) is 10.7. The molecule has 1 fully saturated rings. The maximum Gasteiger partial charge on any atom is 0.329 e. The molecule has 0 aromatic heterocycles. The van der Waals surface area contributed by atoms with Gasteiger partial charge in [0.1, 0.15) is 0 Å². The van der Waals surface area contributed by atoms with Crippen LogP contribution in [0.4, 0.5) is 0 Å². The minimum Gasteiger partial charge on any atom is -0.352 e. The average molecular weight is 393 g/mol. The van der Waals surface area contributed by atoms with Crippen molar-refractivity contribution in [1.29, 1.82) is 0 Å². The summed E-state index contributed by atoms with van der Waals surface area (Å²) >= 11 is 5.81. The fraction of sp³-hybridized carbons (Fsp3) is 0.474. The Kier molecular flexibility index (Phi) is 8.26. The van der Waals surface area contributed by atoms with Crippen molar-refractivity contribution in [2.45, 2.75) is 58.0 Å². The summed E-state index contributed by atoms with van der Waals surface area (Å²) < 4.78 is 0. The van der Waals surface area contributed by atoms with Gasteiger partial charge in [-0.1, -0.05) is 43.0 Å². The summed E-state index contributed by atoms with van der Waals surface area (Å²) in [6.07, 6.45) is 5.12. The van der Waals surface area contributed by atoms with E-state index < -0.39 is 11.8 Å². The van der Waals surface area contributed by atoms with E-state index in [1.807, 2.05) is 12.1 Å². The Labute approximate surface area is 163 Å². The van der Waals surface area contributed by atoms with Crippen molar-refractivity contribution in [3.05, 3.63) is 34.9 Å². The van der Waals surface area contributed by atoms with Gasteiger partial charge in [-0.15, -0.1) is 0 Å². The van der Waals surface area contributed by atoms with Crippen molar-refractivity contribution in [1.82, 2.24) is 16.1 Å². The zero-order chi connectivity index (χ0) is 19.6. The molecular formula is C19H25ClN4O3. The van der Waals surface area contributed by atoms with Crippen LogP contribution < -0.4 is 16.1 Å². The highest BCUT2D eigenvalue weighted by Gasteiger charge is 2.20. The van der Waals surface area contributed by atoms with Gasteiger partial charge in [-0.3, -0.25) is 14.4 Å². The first-order valence-corrected chi connectivity index (χ1v) is 9.47. The van der Waals surface area contributed by atoms with Crippen LogP contribution in [0.15, 0.2) is 29.4 Å². The van der Waals surface area contributed by atoms with Crippen molar-refractivity contribution < 1.29 is 14.4 Å². The summed E-state index contributed by atoms with van der Waals surface area (Å²) in [4.78, 5) is 35.6. The van der Waals surface area contributed by atoms with Gasteiger partial charge in [0.15, 0.2) is 0 Å². The maximum absolute atomic E-state index is 11.9. The van der Waals surface area contributed by atoms with E-state index >= 15 is 0 Å². The van der Waals surface area contributed by atoms with Crippen molar-refractivity contribution in [2.24, 2.45) is 5.10 Å². The van der Waals surface area contributed by atoms with Crippen LogP contribution >= 0.6 is 11.6 Å². The van der Waals surface area contributed by atoms with Crippen LogP contribution in [0.3, 0.4) is 0 Å². The Balaban J connectivity index is 1.70. The fourth-order valence-electron chi connectivity index (χ4n) is 2.83. The maximum atomic E-state index is 11.9. The molecule has 8 heteroatoms. The summed E-state index contributed by atoms with van der Waals surface area (Å²) in [5.74, 6) is -1.74. The standard InChI is InChI=1S/C19H25ClN4O3/c1-13(11-17(25)21-12-14-7-9-15(20)10-8-14)23-24-19(27)18(26)22-16-5-3-2-4-6-16/h7-10,16H,2-6,11-12H2,1H3,(H,21,25)(H,22,26)(H,24,27)/b23-13+. The number of benzene rings is 1. The van der Waals surface area contributed by atoms with E-state index in [9.17, 15) is 14.4 Å². The third-order valence-electron chi connectivity index (χ3n) is 4.31. The molecule has 1 aliphatic carbocycles. The van der Waals surface area contributed by atoms with Gasteiger partial charge < -0.3 is 10.6 Å². The lowest BCUT2D eigenvalue weighted by Crippen LogP contribution is -2.44. The summed E-state index contributed by atoms with van der Waals surface area (Å²) in [5.41, 5.74) is 3.53. The predicted octanol–water partition coefficient (Wildman–Crippen LogP) is 2.29. The molecule has 1 aliphatic rings. The van der Waals surface area contributed by atoms with Crippen LogP contribution in [0.2, 0.25) is 5.02 Å². The topological polar surface area (TPSA) is 99.7 Å². The molecule has 3 amide bonds. The Hall–Kier alpha value is -2.41. The number of nitrogens with one attached hydrogen (secondary N) is 3. The number of carbonyl (C=O) groups excluding carboxylic acids is 3. The zero-order valence-electron chi connectivity index (χ0n) is 15.4. The van der Waals surface area contributed by atoms with Gasteiger partial charge >= 0.3 is 11.8 Å². The van der Waals surface area contributed by atoms with Gasteiger partial charge in [0.25, 0.3) is 0 Å². The first-order chi connectivity index (χ1) is 12.9. The zero-order valence-corrected chi connectivity index (χ0v) is 16.1. The summed E-state index contributed by atoms with van der Waals surface area (Å²) in [6, 6.07) is 7.22. The van der Waals surface area contributed by atoms with E-state index in [4.69, 9.17) is 11.6 Å². The van der Waals surface area contributed by atoms with Gasteiger partial charge in [-0.05, 0) is 37.5 Å². The van der Waals surface area contributed by atoms with Crippen LogP contribution in [0.25, 0.3) is 0 Å². The summed E-state index contributed by atoms with van der Waals surface area (Å²) in [7, 11) is 0. The Morgan fingerprint density at radius 2 is 1.74 bits per heavy atom. The Morgan fingerprint density at radius 3 is 2.41 bits per heavy atom. The third kappa shape index (κ3) is 7.78. The molecular weight excluding hydrogens is 368 g/mol. The van der Waals surface area contributed by atoms with Crippen LogP contribution in [-0.2, 0) is 20.9 Å². The number of carbonyl (C=O) groups is 3. The molecule has 2 rings (SSSR count). The molecule has 7 nitrogen and oxygen atoms in total. The molecule has 0 saturated heterocycles. The lowest BCUT2D eigenvalue weighted by Gasteiger charge is -2.22. The molecule has 1 aromatic rings. The molecule has 146 valence electrons. The van der Waals surface area contributed by atoms with E-state index in [-0.39, 0.29) is 18.4 Å². The predicted molar refractivity (Wildman–Crippen MR) is 104 cm³/mol. The minimum atomic E-state index is -0.818. The SMILES string of the molecule is C/C(CC(=O)NCc1ccc(Cl)cc1)=N\NC(=O)C(=O)NC1CCCCC1. The number of rotatable bonds is 6. The van der Waals surface area contributed by atoms with Crippen LogP contribution in [-0.4, -0.2) is 29.5 Å². The van der Waals surface area contributed by atoms with E-state index in [1.54, 1.807) is 19.1 Å². The second-order valence-electron chi connectivity index (χ2n) is 6.68. The van der Waals surface area contributed by atoms with E-state index in [1.165, 1.54) is 6.42 Å². The average Bonchev–Trinajstić information content (AvgIpc) is 2.66. The number of hydrogen-bond acceptors (Lipinski definition) is 4. The van der Waals surface area contributed by atoms with Gasteiger partial charge in [0.2, 0.25) is 5.91 Å². The van der Waals surface area contributed by atoms with E-state index in [0.717, 1.165) is 31.2 Å². The monoisotopic (exact) mass is 392 g/mol. The summed E-state index contributed by atoms with van der Waals surface area (Å²) in [5, 5.41) is 9.93. The molecule has 1 aromatic carbocycles. The third-order valence-corrected chi connectivity index (χ3v) is 4.57. The molecule has 1 saturated carbocycles. The molecule has 0 spiro atoms. The number of nitrogens with zero attached hydrogens (tertiary/aromatic N) is 1. The van der Waals surface area contributed by atoms with Crippen molar-refractivity contribution in [3.8, 4) is 0 Å². The highest BCUT2D eigenvalue weighted by atomic mass is 35.5. The highest BCUT2D eigenvalue weighted by Crippen LogP contribution is 2.17. The van der Waals surface area contributed by atoms with Crippen LogP contribution in [0, 0.1) is 0 Å². The van der Waals surface area contributed by atoms with Gasteiger partial charge in [-0.25, -0.2) is 5.43 Å². The van der Waals surface area contributed by atoms with Crippen molar-refractivity contribution in [3.63, 3.8) is 0 Å². The number of hydrogen-bond donors (Lipinski definition) is 3. The van der Waals surface area contributed by atoms with Gasteiger partial charge in [-0.2, -0.15) is 5.10 Å². The second-order valence-corrected chi connectivity index (χ2v) is 7.11. The largest absolute Gasteiger partial charge is 0.352 e. The van der Waals surface area contributed by atoms with Crippen molar-refractivity contribution >= 4 is 35.0 Å². The lowest BCUT2D eigenvalue weighted by atomic mass is 9.95. The first kappa shape index (κ1) is 20.9. The summed E-state index contributed by atoms with van der Waals surface area (Å²) in [6.45, 7) is 1.99. The quantitative estimate of drug-likeness (QED) is 0.393. The smallest absolute Gasteiger partial charge is 0.329 e. The molecule has 0 bridgehead atoms. The number of hydrazone groups is 1. The molecule has 0 unspecified atom stereocenters. The van der Waals surface area contributed by atoms with Crippen LogP contribution in [0.5, 0.6) is 0 Å². The Morgan fingerprint density at radius 1 is 1.07 bits per heavy atom. The normalized spacial score (nSPS) is 15.1. The van der Waals surface area contributed by atoms with Crippen molar-refractivity contribution in [2.75, 3.05) is 0 Å². The molecule has 0 heterocycles. The Bertz CT molecular complexity index is 697.